The lowest BCUT2D eigenvalue weighted by molar-refractivity contribution is 0.413. The zero-order chi connectivity index (χ0) is 14.4. The first kappa shape index (κ1) is 14.6. The van der Waals surface area contributed by atoms with Crippen molar-refractivity contribution in [2.24, 2.45) is 5.73 Å². The van der Waals surface area contributed by atoms with E-state index in [0.29, 0.717) is 5.92 Å². The molecule has 0 saturated heterocycles. The molecule has 20 heavy (non-hydrogen) atoms. The molecule has 0 bridgehead atoms. The summed E-state index contributed by atoms with van der Waals surface area (Å²) < 4.78 is 5.27. The Kier molecular flexibility index (Phi) is 5.19. The number of nitrogens with two attached hydrogens (primary N) is 1. The molecule has 2 unspecified atom stereocenters. The zero-order valence-electron chi connectivity index (χ0n) is 12.3. The second-order valence-electron chi connectivity index (χ2n) is 5.14. The van der Waals surface area contributed by atoms with Crippen LogP contribution in [0.15, 0.2) is 54.6 Å². The van der Waals surface area contributed by atoms with Crippen LogP contribution in [0.3, 0.4) is 0 Å². The summed E-state index contributed by atoms with van der Waals surface area (Å²) in [6.07, 6.45) is 1.92. The molecule has 0 aromatic heterocycles. The van der Waals surface area contributed by atoms with Crippen LogP contribution in [0.25, 0.3) is 0 Å². The van der Waals surface area contributed by atoms with Crippen molar-refractivity contribution < 1.29 is 4.74 Å². The minimum atomic E-state index is 0.120. The van der Waals surface area contributed by atoms with Gasteiger partial charge in [0.1, 0.15) is 5.75 Å². The second kappa shape index (κ2) is 7.11. The molecule has 2 atom stereocenters. The summed E-state index contributed by atoms with van der Waals surface area (Å²) in [6, 6.07) is 18.8. The van der Waals surface area contributed by atoms with Gasteiger partial charge in [0.15, 0.2) is 0 Å². The van der Waals surface area contributed by atoms with Gasteiger partial charge in [-0.3, -0.25) is 0 Å². The molecule has 0 spiro atoms. The lowest BCUT2D eigenvalue weighted by Gasteiger charge is -2.23. The SMILES string of the molecule is CCC(c1ccccc1)C(N)Cc1cccc(OC)c1. The molecule has 0 aliphatic rings. The average Bonchev–Trinajstić information content (AvgIpc) is 2.49. The van der Waals surface area contributed by atoms with Crippen molar-refractivity contribution >= 4 is 0 Å². The summed E-state index contributed by atoms with van der Waals surface area (Å²) in [4.78, 5) is 0. The van der Waals surface area contributed by atoms with E-state index < -0.39 is 0 Å². The summed E-state index contributed by atoms with van der Waals surface area (Å²) in [5, 5.41) is 0. The Morgan fingerprint density at radius 1 is 1.05 bits per heavy atom. The Labute approximate surface area is 121 Å². The van der Waals surface area contributed by atoms with Crippen molar-refractivity contribution in [2.45, 2.75) is 31.7 Å². The Morgan fingerprint density at radius 2 is 1.80 bits per heavy atom. The zero-order valence-corrected chi connectivity index (χ0v) is 12.3. The third-order valence-corrected chi connectivity index (χ3v) is 3.79. The van der Waals surface area contributed by atoms with Gasteiger partial charge in [0, 0.05) is 6.04 Å². The van der Waals surface area contributed by atoms with E-state index in [-0.39, 0.29) is 6.04 Å². The van der Waals surface area contributed by atoms with E-state index in [4.69, 9.17) is 10.5 Å². The molecule has 2 heteroatoms. The number of benzene rings is 2. The number of hydrogen-bond acceptors (Lipinski definition) is 2. The fourth-order valence-corrected chi connectivity index (χ4v) is 2.70. The summed E-state index contributed by atoms with van der Waals surface area (Å²) in [6.45, 7) is 2.20. The molecule has 0 heterocycles. The first-order chi connectivity index (χ1) is 9.74. The molecule has 106 valence electrons. The van der Waals surface area contributed by atoms with Crippen molar-refractivity contribution in [3.05, 3.63) is 65.7 Å². The highest BCUT2D eigenvalue weighted by Gasteiger charge is 2.18. The Balaban J connectivity index is 2.11. The van der Waals surface area contributed by atoms with Crippen LogP contribution >= 0.6 is 0 Å². The van der Waals surface area contributed by atoms with Crippen molar-refractivity contribution in [1.29, 1.82) is 0 Å². The summed E-state index contributed by atoms with van der Waals surface area (Å²) in [5.41, 5.74) is 9.00. The standard InChI is InChI=1S/C18H23NO/c1-3-17(15-9-5-4-6-10-15)18(19)13-14-8-7-11-16(12-14)20-2/h4-12,17-18H,3,13,19H2,1-2H3. The molecule has 0 saturated carbocycles. The highest BCUT2D eigenvalue weighted by atomic mass is 16.5. The van der Waals surface area contributed by atoms with Crippen molar-refractivity contribution in [3.8, 4) is 5.75 Å². The minimum Gasteiger partial charge on any atom is -0.497 e. The maximum atomic E-state index is 6.44. The van der Waals surface area contributed by atoms with E-state index in [0.717, 1.165) is 18.6 Å². The van der Waals surface area contributed by atoms with Crippen molar-refractivity contribution in [2.75, 3.05) is 7.11 Å². The number of ether oxygens (including phenoxy) is 1. The molecule has 0 fully saturated rings. The van der Waals surface area contributed by atoms with E-state index in [2.05, 4.69) is 43.3 Å². The van der Waals surface area contributed by atoms with Crippen LogP contribution in [0, 0.1) is 0 Å². The van der Waals surface area contributed by atoms with Gasteiger partial charge in [-0.15, -0.1) is 0 Å². The molecular formula is C18H23NO. The predicted octanol–water partition coefficient (Wildman–Crippen LogP) is 3.76. The monoisotopic (exact) mass is 269 g/mol. The van der Waals surface area contributed by atoms with E-state index in [1.165, 1.54) is 11.1 Å². The molecule has 0 amide bonds. The van der Waals surface area contributed by atoms with Crippen LogP contribution in [-0.4, -0.2) is 13.2 Å². The number of rotatable bonds is 6. The lowest BCUT2D eigenvalue weighted by atomic mass is 9.86. The molecule has 0 aliphatic heterocycles. The first-order valence-corrected chi connectivity index (χ1v) is 7.18. The predicted molar refractivity (Wildman–Crippen MR) is 84.1 cm³/mol. The van der Waals surface area contributed by atoms with Gasteiger partial charge in [0.25, 0.3) is 0 Å². The smallest absolute Gasteiger partial charge is 0.119 e. The molecule has 2 rings (SSSR count). The van der Waals surface area contributed by atoms with Gasteiger partial charge in [0.2, 0.25) is 0 Å². The minimum absolute atomic E-state index is 0.120. The molecular weight excluding hydrogens is 246 g/mol. The fourth-order valence-electron chi connectivity index (χ4n) is 2.70. The van der Waals surface area contributed by atoms with E-state index in [1.807, 2.05) is 18.2 Å². The van der Waals surface area contributed by atoms with Gasteiger partial charge in [-0.2, -0.15) is 0 Å². The average molecular weight is 269 g/mol. The summed E-state index contributed by atoms with van der Waals surface area (Å²) >= 11 is 0. The lowest BCUT2D eigenvalue weighted by Crippen LogP contribution is -2.30. The molecule has 2 nitrogen and oxygen atoms in total. The van der Waals surface area contributed by atoms with Gasteiger partial charge in [-0.25, -0.2) is 0 Å². The molecule has 0 radical (unpaired) electrons. The summed E-state index contributed by atoms with van der Waals surface area (Å²) in [7, 11) is 1.69. The van der Waals surface area contributed by atoms with Gasteiger partial charge in [0.05, 0.1) is 7.11 Å². The largest absolute Gasteiger partial charge is 0.497 e. The van der Waals surface area contributed by atoms with Crippen LogP contribution < -0.4 is 10.5 Å². The Morgan fingerprint density at radius 3 is 2.45 bits per heavy atom. The maximum Gasteiger partial charge on any atom is 0.119 e. The first-order valence-electron chi connectivity index (χ1n) is 7.18. The normalized spacial score (nSPS) is 13.8. The fraction of sp³-hybridized carbons (Fsp3) is 0.333. The van der Waals surface area contributed by atoms with E-state index in [1.54, 1.807) is 7.11 Å². The highest BCUT2D eigenvalue weighted by Crippen LogP contribution is 2.25. The van der Waals surface area contributed by atoms with Crippen molar-refractivity contribution in [1.82, 2.24) is 0 Å². The molecule has 2 N–H and O–H groups in total. The van der Waals surface area contributed by atoms with Gasteiger partial charge in [-0.1, -0.05) is 49.4 Å². The number of methoxy groups -OCH3 is 1. The van der Waals surface area contributed by atoms with E-state index in [9.17, 15) is 0 Å². The highest BCUT2D eigenvalue weighted by molar-refractivity contribution is 5.30. The van der Waals surface area contributed by atoms with Crippen LogP contribution in [0.1, 0.15) is 30.4 Å². The van der Waals surface area contributed by atoms with Gasteiger partial charge < -0.3 is 10.5 Å². The third-order valence-electron chi connectivity index (χ3n) is 3.79. The van der Waals surface area contributed by atoms with Crippen LogP contribution in [-0.2, 0) is 6.42 Å². The molecule has 2 aromatic carbocycles. The second-order valence-corrected chi connectivity index (χ2v) is 5.14. The third kappa shape index (κ3) is 3.61. The summed E-state index contributed by atoms with van der Waals surface area (Å²) in [5.74, 6) is 1.28. The van der Waals surface area contributed by atoms with Gasteiger partial charge in [-0.05, 0) is 42.0 Å². The van der Waals surface area contributed by atoms with Crippen molar-refractivity contribution in [3.63, 3.8) is 0 Å². The molecule has 0 aliphatic carbocycles. The van der Waals surface area contributed by atoms with Crippen LogP contribution in [0.4, 0.5) is 0 Å². The Hall–Kier alpha value is -1.80. The van der Waals surface area contributed by atoms with Crippen LogP contribution in [0.2, 0.25) is 0 Å². The topological polar surface area (TPSA) is 35.2 Å². The number of hydrogen-bond donors (Lipinski definition) is 1. The van der Waals surface area contributed by atoms with Gasteiger partial charge >= 0.3 is 0 Å². The van der Waals surface area contributed by atoms with E-state index >= 15 is 0 Å². The molecule has 2 aromatic rings. The van der Waals surface area contributed by atoms with Crippen LogP contribution in [0.5, 0.6) is 5.75 Å². The Bertz CT molecular complexity index is 524. The maximum absolute atomic E-state index is 6.44. The quantitative estimate of drug-likeness (QED) is 0.866.